The van der Waals surface area contributed by atoms with Gasteiger partial charge in [0.05, 0.1) is 26.3 Å². The van der Waals surface area contributed by atoms with Gasteiger partial charge in [-0.3, -0.25) is 4.98 Å². The number of anilines is 1. The number of hydrogen-bond acceptors (Lipinski definition) is 6. The lowest BCUT2D eigenvalue weighted by Gasteiger charge is -2.13. The Morgan fingerprint density at radius 3 is 2.28 bits per heavy atom. The molecule has 0 bridgehead atoms. The molecule has 6 heteroatoms. The van der Waals surface area contributed by atoms with Crippen LogP contribution in [0.5, 0.6) is 28.7 Å². The molecular formula is C26H26N2O4. The van der Waals surface area contributed by atoms with Crippen LogP contribution < -0.4 is 24.3 Å². The summed E-state index contributed by atoms with van der Waals surface area (Å²) in [5.74, 6) is 3.61. The summed E-state index contributed by atoms with van der Waals surface area (Å²) in [6.07, 6.45) is 2.62. The fourth-order valence-electron chi connectivity index (χ4n) is 3.32. The molecule has 4 rings (SSSR count). The van der Waals surface area contributed by atoms with Gasteiger partial charge in [-0.05, 0) is 55.0 Å². The molecule has 0 fully saturated rings. The lowest BCUT2D eigenvalue weighted by Crippen LogP contribution is -2.07. The largest absolute Gasteiger partial charge is 0.494 e. The molecule has 0 spiro atoms. The van der Waals surface area contributed by atoms with Crippen LogP contribution in [0.4, 0.5) is 5.69 Å². The summed E-state index contributed by atoms with van der Waals surface area (Å²) < 4.78 is 22.6. The van der Waals surface area contributed by atoms with Crippen molar-refractivity contribution >= 4 is 16.6 Å². The van der Waals surface area contributed by atoms with E-state index in [9.17, 15) is 0 Å². The number of aromatic nitrogens is 1. The van der Waals surface area contributed by atoms with E-state index in [1.54, 1.807) is 20.4 Å². The maximum atomic E-state index is 6.13. The predicted octanol–water partition coefficient (Wildman–Crippen LogP) is 5.93. The molecule has 164 valence electrons. The van der Waals surface area contributed by atoms with E-state index in [-0.39, 0.29) is 0 Å². The van der Waals surface area contributed by atoms with Gasteiger partial charge in [-0.15, -0.1) is 0 Å². The highest BCUT2D eigenvalue weighted by atomic mass is 16.5. The van der Waals surface area contributed by atoms with Gasteiger partial charge in [0.1, 0.15) is 17.2 Å². The SMILES string of the molecule is COc1cc2nccc(Oc3ccc(NCCCOc4ccccc4)cc3)c2cc1OC. The summed E-state index contributed by atoms with van der Waals surface area (Å²) in [5.41, 5.74) is 1.80. The first-order chi connectivity index (χ1) is 15.8. The van der Waals surface area contributed by atoms with Crippen molar-refractivity contribution in [2.45, 2.75) is 6.42 Å². The molecule has 0 radical (unpaired) electrons. The molecule has 3 aromatic carbocycles. The van der Waals surface area contributed by atoms with Crippen molar-refractivity contribution in [2.24, 2.45) is 0 Å². The molecule has 0 amide bonds. The molecule has 0 atom stereocenters. The van der Waals surface area contributed by atoms with Crippen LogP contribution >= 0.6 is 0 Å². The van der Waals surface area contributed by atoms with Crippen LogP contribution in [-0.2, 0) is 0 Å². The quantitative estimate of drug-likeness (QED) is 0.315. The van der Waals surface area contributed by atoms with E-state index in [0.29, 0.717) is 23.9 Å². The molecule has 4 aromatic rings. The van der Waals surface area contributed by atoms with E-state index in [4.69, 9.17) is 18.9 Å². The van der Waals surface area contributed by atoms with Crippen LogP contribution in [-0.4, -0.2) is 32.4 Å². The molecule has 32 heavy (non-hydrogen) atoms. The predicted molar refractivity (Wildman–Crippen MR) is 126 cm³/mol. The third kappa shape index (κ3) is 5.21. The summed E-state index contributed by atoms with van der Waals surface area (Å²) in [6, 6.07) is 23.3. The Bertz CT molecular complexity index is 1150. The van der Waals surface area contributed by atoms with Gasteiger partial charge in [-0.25, -0.2) is 0 Å². The van der Waals surface area contributed by atoms with E-state index in [2.05, 4.69) is 10.3 Å². The lowest BCUT2D eigenvalue weighted by atomic mass is 10.2. The van der Waals surface area contributed by atoms with Gasteiger partial charge < -0.3 is 24.3 Å². The van der Waals surface area contributed by atoms with E-state index in [1.807, 2.05) is 72.8 Å². The summed E-state index contributed by atoms with van der Waals surface area (Å²) in [6.45, 7) is 1.49. The van der Waals surface area contributed by atoms with Crippen molar-refractivity contribution in [3.63, 3.8) is 0 Å². The molecule has 1 heterocycles. The first-order valence-corrected chi connectivity index (χ1v) is 10.5. The average molecular weight is 431 g/mol. The van der Waals surface area contributed by atoms with E-state index in [1.165, 1.54) is 0 Å². The molecule has 0 aliphatic rings. The van der Waals surface area contributed by atoms with Crippen LogP contribution in [0.15, 0.2) is 79.0 Å². The van der Waals surface area contributed by atoms with Gasteiger partial charge in [0, 0.05) is 29.9 Å². The van der Waals surface area contributed by atoms with Gasteiger partial charge >= 0.3 is 0 Å². The second-order valence-electron chi connectivity index (χ2n) is 7.10. The van der Waals surface area contributed by atoms with Crippen LogP contribution in [0, 0.1) is 0 Å². The third-order valence-corrected chi connectivity index (χ3v) is 4.95. The van der Waals surface area contributed by atoms with Crippen molar-refractivity contribution < 1.29 is 18.9 Å². The molecule has 1 aromatic heterocycles. The number of para-hydroxylation sites is 1. The zero-order chi connectivity index (χ0) is 22.2. The first-order valence-electron chi connectivity index (χ1n) is 10.5. The van der Waals surface area contributed by atoms with Crippen LogP contribution in [0.2, 0.25) is 0 Å². The number of methoxy groups -OCH3 is 2. The fraction of sp³-hybridized carbons (Fsp3) is 0.192. The minimum absolute atomic E-state index is 0.633. The van der Waals surface area contributed by atoms with E-state index < -0.39 is 0 Å². The van der Waals surface area contributed by atoms with Gasteiger partial charge in [-0.2, -0.15) is 0 Å². The van der Waals surface area contributed by atoms with Gasteiger partial charge in [0.15, 0.2) is 11.5 Å². The smallest absolute Gasteiger partial charge is 0.162 e. The molecule has 0 aliphatic carbocycles. The first kappa shape index (κ1) is 21.3. The zero-order valence-corrected chi connectivity index (χ0v) is 18.2. The molecule has 0 aliphatic heterocycles. The maximum Gasteiger partial charge on any atom is 0.162 e. The number of nitrogens with zero attached hydrogens (tertiary/aromatic N) is 1. The van der Waals surface area contributed by atoms with E-state index >= 15 is 0 Å². The number of rotatable bonds is 10. The Hall–Kier alpha value is -3.93. The van der Waals surface area contributed by atoms with Gasteiger partial charge in [0.25, 0.3) is 0 Å². The Morgan fingerprint density at radius 1 is 0.781 bits per heavy atom. The van der Waals surface area contributed by atoms with Gasteiger partial charge in [0.2, 0.25) is 0 Å². The summed E-state index contributed by atoms with van der Waals surface area (Å²) in [7, 11) is 3.22. The number of pyridine rings is 1. The molecule has 1 N–H and O–H groups in total. The second-order valence-corrected chi connectivity index (χ2v) is 7.10. The number of benzene rings is 3. The molecule has 0 unspecified atom stereocenters. The lowest BCUT2D eigenvalue weighted by molar-refractivity contribution is 0.315. The van der Waals surface area contributed by atoms with Crippen molar-refractivity contribution in [3.05, 3.63) is 79.0 Å². The number of fused-ring (bicyclic) bond motifs is 1. The maximum absolute atomic E-state index is 6.13. The molecule has 0 saturated carbocycles. The van der Waals surface area contributed by atoms with Crippen LogP contribution in [0.25, 0.3) is 10.9 Å². The number of nitrogens with one attached hydrogen (secondary N) is 1. The Morgan fingerprint density at radius 2 is 1.53 bits per heavy atom. The number of hydrogen-bond donors (Lipinski definition) is 1. The molecular weight excluding hydrogens is 404 g/mol. The monoisotopic (exact) mass is 430 g/mol. The summed E-state index contributed by atoms with van der Waals surface area (Å²) >= 11 is 0. The third-order valence-electron chi connectivity index (χ3n) is 4.95. The highest BCUT2D eigenvalue weighted by molar-refractivity contribution is 5.88. The van der Waals surface area contributed by atoms with Crippen LogP contribution in [0.3, 0.4) is 0 Å². The highest BCUT2D eigenvalue weighted by Gasteiger charge is 2.11. The highest BCUT2D eigenvalue weighted by Crippen LogP contribution is 2.36. The zero-order valence-electron chi connectivity index (χ0n) is 18.2. The summed E-state index contributed by atoms with van der Waals surface area (Å²) in [5, 5.41) is 4.26. The normalized spacial score (nSPS) is 10.6. The minimum Gasteiger partial charge on any atom is -0.494 e. The fourth-order valence-corrected chi connectivity index (χ4v) is 3.32. The Labute approximate surface area is 187 Å². The molecule has 6 nitrogen and oxygen atoms in total. The minimum atomic E-state index is 0.633. The average Bonchev–Trinajstić information content (AvgIpc) is 2.85. The van der Waals surface area contributed by atoms with Crippen molar-refractivity contribution in [2.75, 3.05) is 32.7 Å². The number of ether oxygens (including phenoxy) is 4. The van der Waals surface area contributed by atoms with E-state index in [0.717, 1.165) is 41.1 Å². The standard InChI is InChI=1S/C26H26N2O4/c1-29-25-17-22-23(18-26(25)30-2)28-15-13-24(22)32-21-11-9-19(10-12-21)27-14-6-16-31-20-7-4-3-5-8-20/h3-5,7-13,15,17-18,27H,6,14,16H2,1-2H3. The Balaban J connectivity index is 1.35. The topological polar surface area (TPSA) is 61.8 Å². The van der Waals surface area contributed by atoms with Crippen molar-refractivity contribution in [3.8, 4) is 28.7 Å². The Kier molecular flexibility index (Phi) is 6.92. The van der Waals surface area contributed by atoms with Crippen molar-refractivity contribution in [1.82, 2.24) is 4.98 Å². The van der Waals surface area contributed by atoms with Gasteiger partial charge in [-0.1, -0.05) is 18.2 Å². The summed E-state index contributed by atoms with van der Waals surface area (Å²) in [4.78, 5) is 4.41. The second kappa shape index (κ2) is 10.4. The van der Waals surface area contributed by atoms with Crippen molar-refractivity contribution in [1.29, 1.82) is 0 Å². The molecule has 0 saturated heterocycles. The van der Waals surface area contributed by atoms with Crippen LogP contribution in [0.1, 0.15) is 6.42 Å².